The summed E-state index contributed by atoms with van der Waals surface area (Å²) in [7, 11) is 1.69. The number of hydrogen-bond acceptors (Lipinski definition) is 4. The molecule has 4 nitrogen and oxygen atoms in total. The van der Waals surface area contributed by atoms with E-state index in [2.05, 4.69) is 0 Å². The monoisotopic (exact) mass is 771 g/mol. The maximum Gasteiger partial charge on any atom is 0.390 e. The molecule has 51 heavy (non-hydrogen) atoms. The van der Waals surface area contributed by atoms with E-state index < -0.39 is 50.4 Å². The summed E-state index contributed by atoms with van der Waals surface area (Å²) in [5.41, 5.74) is 0. The molecule has 0 aromatic heterocycles. The third kappa shape index (κ3) is 32.2. The predicted octanol–water partition coefficient (Wildman–Crippen LogP) is 11.2. The summed E-state index contributed by atoms with van der Waals surface area (Å²) in [6.45, 7) is 19.3. The molecule has 0 N–H and O–H groups in total. The predicted molar refractivity (Wildman–Crippen MR) is 182 cm³/mol. The minimum absolute atomic E-state index is 0.0845. The van der Waals surface area contributed by atoms with Gasteiger partial charge in [0.25, 0.3) is 0 Å². The number of rotatable bonds is 16. The Labute approximate surface area is 299 Å². The SMILES string of the molecule is CC(C)N(C)CCC(F)(F)F.CC(C)N(CCC(F)(F)F)C1CCC1.CC(C)N(CCC(F)(F)F)CC1CC1.CCN(CCC(F)(F)F)C(C)C. The lowest BCUT2D eigenvalue weighted by Gasteiger charge is -2.40. The van der Waals surface area contributed by atoms with Crippen molar-refractivity contribution in [3.63, 3.8) is 0 Å². The molecular formula is C35H66F12N4. The van der Waals surface area contributed by atoms with Crippen molar-refractivity contribution in [1.29, 1.82) is 0 Å². The lowest BCUT2D eigenvalue weighted by atomic mass is 9.90. The highest BCUT2D eigenvalue weighted by Crippen LogP contribution is 2.31. The molecule has 0 atom stereocenters. The fourth-order valence-electron chi connectivity index (χ4n) is 4.91. The first-order valence-electron chi connectivity index (χ1n) is 18.2. The van der Waals surface area contributed by atoms with Crippen LogP contribution >= 0.6 is 0 Å². The average Bonchev–Trinajstić information content (AvgIpc) is 3.74. The maximum absolute atomic E-state index is 12.0. The van der Waals surface area contributed by atoms with E-state index in [9.17, 15) is 52.7 Å². The van der Waals surface area contributed by atoms with Crippen molar-refractivity contribution in [2.75, 3.05) is 46.3 Å². The van der Waals surface area contributed by atoms with Crippen molar-refractivity contribution >= 4 is 0 Å². The van der Waals surface area contributed by atoms with Gasteiger partial charge < -0.3 is 14.7 Å². The van der Waals surface area contributed by atoms with Gasteiger partial charge in [0.1, 0.15) is 0 Å². The fraction of sp³-hybridized carbons (Fsp3) is 1.00. The molecule has 0 aliphatic heterocycles. The third-order valence-corrected chi connectivity index (χ3v) is 8.91. The Morgan fingerprint density at radius 3 is 1.14 bits per heavy atom. The zero-order chi connectivity index (χ0) is 40.4. The lowest BCUT2D eigenvalue weighted by Crippen LogP contribution is -2.45. The molecule has 2 aliphatic rings. The molecule has 0 saturated heterocycles. The second-order valence-electron chi connectivity index (χ2n) is 14.7. The van der Waals surface area contributed by atoms with Crippen LogP contribution in [0.25, 0.3) is 0 Å². The fourth-order valence-corrected chi connectivity index (χ4v) is 4.91. The van der Waals surface area contributed by atoms with Crippen LogP contribution in [0, 0.1) is 5.92 Å². The molecular weight excluding hydrogens is 704 g/mol. The Bertz CT molecular complexity index is 848. The van der Waals surface area contributed by atoms with Gasteiger partial charge >= 0.3 is 24.7 Å². The van der Waals surface area contributed by atoms with E-state index in [4.69, 9.17) is 0 Å². The van der Waals surface area contributed by atoms with Gasteiger partial charge in [-0.2, -0.15) is 52.7 Å². The minimum Gasteiger partial charge on any atom is -0.304 e. The Morgan fingerprint density at radius 2 is 0.863 bits per heavy atom. The average molecular weight is 771 g/mol. The molecule has 0 amide bonds. The molecule has 16 heteroatoms. The van der Waals surface area contributed by atoms with Crippen LogP contribution in [0.2, 0.25) is 0 Å². The highest BCUT2D eigenvalue weighted by Gasteiger charge is 2.33. The van der Waals surface area contributed by atoms with Crippen molar-refractivity contribution < 1.29 is 52.7 Å². The Hall–Kier alpha value is -1.00. The van der Waals surface area contributed by atoms with Crippen molar-refractivity contribution in [3.05, 3.63) is 0 Å². The summed E-state index contributed by atoms with van der Waals surface area (Å²) >= 11 is 0. The summed E-state index contributed by atoms with van der Waals surface area (Å²) in [5, 5.41) is 0. The van der Waals surface area contributed by atoms with Crippen LogP contribution in [0.3, 0.4) is 0 Å². The van der Waals surface area contributed by atoms with Crippen molar-refractivity contribution in [1.82, 2.24) is 19.6 Å². The van der Waals surface area contributed by atoms with Crippen molar-refractivity contribution in [3.8, 4) is 0 Å². The normalized spacial score (nSPS) is 16.1. The molecule has 2 fully saturated rings. The smallest absolute Gasteiger partial charge is 0.304 e. The Morgan fingerprint density at radius 1 is 0.490 bits per heavy atom. The van der Waals surface area contributed by atoms with E-state index in [1.54, 1.807) is 16.8 Å². The van der Waals surface area contributed by atoms with Crippen LogP contribution in [-0.2, 0) is 0 Å². The van der Waals surface area contributed by atoms with E-state index in [1.165, 1.54) is 19.3 Å². The summed E-state index contributed by atoms with van der Waals surface area (Å²) in [4.78, 5) is 7.39. The van der Waals surface area contributed by atoms with Gasteiger partial charge in [-0.15, -0.1) is 0 Å². The van der Waals surface area contributed by atoms with Crippen LogP contribution < -0.4 is 0 Å². The van der Waals surface area contributed by atoms with Crippen LogP contribution in [0.5, 0.6) is 0 Å². The van der Waals surface area contributed by atoms with Gasteiger partial charge in [0.2, 0.25) is 0 Å². The van der Waals surface area contributed by atoms with E-state index in [1.807, 2.05) is 72.1 Å². The summed E-state index contributed by atoms with van der Waals surface area (Å²) in [6, 6.07) is 1.22. The third-order valence-electron chi connectivity index (χ3n) is 8.91. The standard InChI is InChI=1S/2C10H18F3N.C8H16F3N.C7H14F3N/c1-8(2)14(7-9-3-4-9)6-5-10(11,12)13;1-8(2)14(9-4-3-5-9)7-6-10(11,12)13;1-4-12(7(2)3)6-5-8(9,10)11;1-6(2)11(3)5-4-7(8,9)10/h2*8-9H,3-7H2,1-2H3;7H,4-6H2,1-3H3;6H,4-5H2,1-3H3. The van der Waals surface area contributed by atoms with Crippen LogP contribution in [-0.4, -0.2) is 121 Å². The Balaban J connectivity index is 0. The van der Waals surface area contributed by atoms with Gasteiger partial charge in [0.15, 0.2) is 0 Å². The van der Waals surface area contributed by atoms with E-state index in [0.717, 1.165) is 19.4 Å². The second-order valence-corrected chi connectivity index (χ2v) is 14.7. The Kier molecular flexibility index (Phi) is 24.9. The largest absolute Gasteiger partial charge is 0.390 e. The molecule has 2 saturated carbocycles. The van der Waals surface area contributed by atoms with Gasteiger partial charge in [0.05, 0.1) is 25.7 Å². The number of nitrogens with zero attached hydrogens (tertiary/aromatic N) is 4. The minimum atomic E-state index is -4.03. The molecule has 0 spiro atoms. The lowest BCUT2D eigenvalue weighted by molar-refractivity contribution is -0.141. The van der Waals surface area contributed by atoms with Gasteiger partial charge in [-0.1, -0.05) is 13.3 Å². The second kappa shape index (κ2) is 24.4. The summed E-state index contributed by atoms with van der Waals surface area (Å²) in [6.07, 6.45) is -13.2. The molecule has 0 heterocycles. The zero-order valence-electron chi connectivity index (χ0n) is 32.4. The van der Waals surface area contributed by atoms with Crippen LogP contribution in [0.1, 0.15) is 120 Å². The number of alkyl halides is 12. The van der Waals surface area contributed by atoms with E-state index in [-0.39, 0.29) is 50.3 Å². The molecule has 310 valence electrons. The molecule has 0 aromatic rings. The van der Waals surface area contributed by atoms with E-state index in [0.29, 0.717) is 18.5 Å². The van der Waals surface area contributed by atoms with E-state index >= 15 is 0 Å². The molecule has 2 aliphatic carbocycles. The number of halogens is 12. The summed E-state index contributed by atoms with van der Waals surface area (Å²) in [5.74, 6) is 0.658. The quantitative estimate of drug-likeness (QED) is 0.145. The molecule has 0 bridgehead atoms. The molecule has 0 unspecified atom stereocenters. The van der Waals surface area contributed by atoms with Gasteiger partial charge in [-0.05, 0) is 101 Å². The van der Waals surface area contributed by atoms with Crippen molar-refractivity contribution in [2.45, 2.75) is 175 Å². The highest BCUT2D eigenvalue weighted by molar-refractivity contribution is 4.82. The first kappa shape index (κ1) is 52.1. The maximum atomic E-state index is 12.0. The van der Waals surface area contributed by atoms with Gasteiger partial charge in [-0.25, -0.2) is 0 Å². The van der Waals surface area contributed by atoms with Gasteiger partial charge in [0, 0.05) is 62.9 Å². The molecule has 0 radical (unpaired) electrons. The topological polar surface area (TPSA) is 13.0 Å². The van der Waals surface area contributed by atoms with Crippen molar-refractivity contribution in [2.24, 2.45) is 5.92 Å². The van der Waals surface area contributed by atoms with Crippen LogP contribution in [0.15, 0.2) is 0 Å². The summed E-state index contributed by atoms with van der Waals surface area (Å²) < 4.78 is 142. The first-order chi connectivity index (χ1) is 23.0. The van der Waals surface area contributed by atoms with Crippen LogP contribution in [0.4, 0.5) is 52.7 Å². The first-order valence-corrected chi connectivity index (χ1v) is 18.2. The highest BCUT2D eigenvalue weighted by atomic mass is 19.4. The van der Waals surface area contributed by atoms with Gasteiger partial charge in [-0.3, -0.25) is 4.90 Å². The molecule has 0 aromatic carbocycles. The molecule has 2 rings (SSSR count). The number of hydrogen-bond donors (Lipinski definition) is 0. The zero-order valence-corrected chi connectivity index (χ0v) is 32.4.